The zero-order valence-corrected chi connectivity index (χ0v) is 29.6. The van der Waals surface area contributed by atoms with Crippen LogP contribution in [0.25, 0.3) is 53.6 Å². The molecule has 2 aliphatic carbocycles. The monoisotopic (exact) mass is 659 g/mol. The molecule has 50 heavy (non-hydrogen) atoms. The highest BCUT2D eigenvalue weighted by Crippen LogP contribution is 2.54. The van der Waals surface area contributed by atoms with Gasteiger partial charge in [-0.05, 0) is 98.1 Å². The van der Waals surface area contributed by atoms with Crippen molar-refractivity contribution in [2.24, 2.45) is 0 Å². The van der Waals surface area contributed by atoms with E-state index in [1.54, 1.807) is 0 Å². The van der Waals surface area contributed by atoms with Crippen LogP contribution in [0.3, 0.4) is 0 Å². The molecular weight excluding hydrogens is 623 g/mol. The number of nitrogens with zero attached hydrogens (tertiary/aromatic N) is 1. The zero-order chi connectivity index (χ0) is 33.8. The van der Waals surface area contributed by atoms with Gasteiger partial charge < -0.3 is 4.90 Å². The molecule has 240 valence electrons. The van der Waals surface area contributed by atoms with Crippen molar-refractivity contribution in [3.8, 4) is 33.4 Å². The van der Waals surface area contributed by atoms with Crippen LogP contribution in [0.1, 0.15) is 49.9 Å². The van der Waals surface area contributed by atoms with E-state index in [1.807, 2.05) is 11.3 Å². The van der Waals surface area contributed by atoms with Crippen LogP contribution in [0, 0.1) is 0 Å². The molecule has 2 aliphatic rings. The second-order valence-corrected chi connectivity index (χ2v) is 16.0. The van der Waals surface area contributed by atoms with Crippen LogP contribution in [0.15, 0.2) is 152 Å². The second kappa shape index (κ2) is 10.5. The van der Waals surface area contributed by atoms with E-state index >= 15 is 0 Å². The largest absolute Gasteiger partial charge is 0.310 e. The predicted molar refractivity (Wildman–Crippen MR) is 215 cm³/mol. The Morgan fingerprint density at radius 1 is 0.440 bits per heavy atom. The molecule has 0 saturated heterocycles. The Hall–Kier alpha value is -5.44. The van der Waals surface area contributed by atoms with Crippen LogP contribution >= 0.6 is 11.3 Å². The number of thiophene rings is 1. The number of hydrogen-bond donors (Lipinski definition) is 0. The summed E-state index contributed by atoms with van der Waals surface area (Å²) >= 11 is 1.87. The Kier molecular flexibility index (Phi) is 6.21. The third-order valence-electron chi connectivity index (χ3n) is 11.5. The molecule has 1 aromatic heterocycles. The van der Waals surface area contributed by atoms with Gasteiger partial charge in [0, 0.05) is 42.4 Å². The summed E-state index contributed by atoms with van der Waals surface area (Å²) in [6.45, 7) is 9.48. The molecule has 0 amide bonds. The summed E-state index contributed by atoms with van der Waals surface area (Å²) < 4.78 is 2.62. The van der Waals surface area contributed by atoms with Gasteiger partial charge in [-0.2, -0.15) is 0 Å². The fourth-order valence-corrected chi connectivity index (χ4v) is 10.2. The van der Waals surface area contributed by atoms with Crippen LogP contribution < -0.4 is 4.90 Å². The minimum Gasteiger partial charge on any atom is -0.310 e. The molecule has 0 atom stereocenters. The van der Waals surface area contributed by atoms with E-state index in [0.29, 0.717) is 0 Å². The van der Waals surface area contributed by atoms with Crippen molar-refractivity contribution in [1.29, 1.82) is 0 Å². The minimum absolute atomic E-state index is 0.0718. The molecule has 0 bridgehead atoms. The van der Waals surface area contributed by atoms with E-state index in [-0.39, 0.29) is 10.8 Å². The highest BCUT2D eigenvalue weighted by molar-refractivity contribution is 7.26. The lowest BCUT2D eigenvalue weighted by molar-refractivity contribution is 0.660. The summed E-state index contributed by atoms with van der Waals surface area (Å²) in [7, 11) is 0. The maximum atomic E-state index is 2.49. The molecule has 1 nitrogen and oxygen atoms in total. The smallest absolute Gasteiger partial charge is 0.0554 e. The molecule has 0 N–H and O–H groups in total. The number of fused-ring (bicyclic) bond motifs is 9. The van der Waals surface area contributed by atoms with Crippen LogP contribution in [0.2, 0.25) is 0 Å². The third-order valence-corrected chi connectivity index (χ3v) is 12.6. The Morgan fingerprint density at radius 2 is 1.02 bits per heavy atom. The lowest BCUT2D eigenvalue weighted by Gasteiger charge is -2.29. The number of hydrogen-bond acceptors (Lipinski definition) is 2. The molecule has 2 heteroatoms. The molecule has 7 aromatic carbocycles. The van der Waals surface area contributed by atoms with Crippen molar-refractivity contribution in [2.45, 2.75) is 38.5 Å². The lowest BCUT2D eigenvalue weighted by Crippen LogP contribution is -2.17. The van der Waals surface area contributed by atoms with Gasteiger partial charge in [0.25, 0.3) is 0 Å². The first-order valence-corrected chi connectivity index (χ1v) is 18.4. The predicted octanol–water partition coefficient (Wildman–Crippen LogP) is 13.8. The van der Waals surface area contributed by atoms with E-state index in [1.165, 1.54) is 87.2 Å². The molecule has 10 rings (SSSR count). The Balaban J connectivity index is 1.16. The third kappa shape index (κ3) is 4.06. The van der Waals surface area contributed by atoms with Crippen molar-refractivity contribution in [3.05, 3.63) is 174 Å². The SMILES string of the molecule is CC1(C)c2ccccc2-c2ccc(N(c3ccc(-c4cccc5c4C(C)(C)c4ccccc4-5)cc3)c3cccc4sc5ccccc5c34)cc21. The molecule has 0 spiro atoms. The minimum atomic E-state index is -0.0867. The Labute approximate surface area is 298 Å². The number of rotatable bonds is 4. The van der Waals surface area contributed by atoms with Crippen LogP contribution in [-0.2, 0) is 10.8 Å². The summed E-state index contributed by atoms with van der Waals surface area (Å²) in [6, 6.07) is 56.7. The molecule has 0 fully saturated rings. The second-order valence-electron chi connectivity index (χ2n) is 14.9. The lowest BCUT2D eigenvalue weighted by atomic mass is 9.79. The van der Waals surface area contributed by atoms with Gasteiger partial charge in [-0.3, -0.25) is 0 Å². The van der Waals surface area contributed by atoms with Gasteiger partial charge >= 0.3 is 0 Å². The Morgan fingerprint density at radius 3 is 1.82 bits per heavy atom. The first kappa shape index (κ1) is 29.5. The number of benzene rings is 7. The highest BCUT2D eigenvalue weighted by atomic mass is 32.1. The van der Waals surface area contributed by atoms with E-state index in [4.69, 9.17) is 0 Å². The summed E-state index contributed by atoms with van der Waals surface area (Å²) in [5.74, 6) is 0. The average Bonchev–Trinajstić information content (AvgIpc) is 3.72. The summed E-state index contributed by atoms with van der Waals surface area (Å²) in [6.07, 6.45) is 0. The van der Waals surface area contributed by atoms with Crippen molar-refractivity contribution in [3.63, 3.8) is 0 Å². The first-order valence-electron chi connectivity index (χ1n) is 17.6. The van der Waals surface area contributed by atoms with Gasteiger partial charge in [0.2, 0.25) is 0 Å². The highest BCUT2D eigenvalue weighted by Gasteiger charge is 2.38. The van der Waals surface area contributed by atoms with Crippen LogP contribution in [-0.4, -0.2) is 0 Å². The average molecular weight is 660 g/mol. The summed E-state index contributed by atoms with van der Waals surface area (Å²) in [4.78, 5) is 2.49. The van der Waals surface area contributed by atoms with Crippen LogP contribution in [0.5, 0.6) is 0 Å². The fourth-order valence-electron chi connectivity index (χ4n) is 9.08. The van der Waals surface area contributed by atoms with Gasteiger partial charge in [-0.15, -0.1) is 11.3 Å². The fraction of sp³-hybridized carbons (Fsp3) is 0.125. The standard InChI is InChI=1S/C48H37NS/c1-47(2)39-18-8-5-13-34(39)36-28-27-32(29-41(36)47)49(42-20-12-22-44-45(42)38-15-7-10-21-43(38)50-44)31-25-23-30(24-26-31)33-16-11-17-37-35-14-6-9-19-40(35)48(3,4)46(33)37/h5-29H,1-4H3. The van der Waals surface area contributed by atoms with Gasteiger partial charge in [-0.1, -0.05) is 137 Å². The van der Waals surface area contributed by atoms with E-state index in [0.717, 1.165) is 5.69 Å². The van der Waals surface area contributed by atoms with Crippen molar-refractivity contribution < 1.29 is 0 Å². The van der Waals surface area contributed by atoms with Gasteiger partial charge in [0.05, 0.1) is 5.69 Å². The zero-order valence-electron chi connectivity index (χ0n) is 28.8. The molecular formula is C48H37NS. The number of anilines is 3. The maximum absolute atomic E-state index is 2.49. The van der Waals surface area contributed by atoms with E-state index in [9.17, 15) is 0 Å². The quantitative estimate of drug-likeness (QED) is 0.182. The molecule has 1 heterocycles. The normalized spacial score (nSPS) is 14.7. The van der Waals surface area contributed by atoms with Crippen LogP contribution in [0.4, 0.5) is 17.1 Å². The molecule has 0 radical (unpaired) electrons. The van der Waals surface area contributed by atoms with Gasteiger partial charge in [-0.25, -0.2) is 0 Å². The molecule has 8 aromatic rings. The topological polar surface area (TPSA) is 3.24 Å². The first-order chi connectivity index (χ1) is 24.3. The van der Waals surface area contributed by atoms with Crippen molar-refractivity contribution in [1.82, 2.24) is 0 Å². The maximum Gasteiger partial charge on any atom is 0.0554 e. The molecule has 0 aliphatic heterocycles. The van der Waals surface area contributed by atoms with Crippen molar-refractivity contribution in [2.75, 3.05) is 4.90 Å². The molecule has 0 saturated carbocycles. The molecule has 0 unspecified atom stereocenters. The summed E-state index contributed by atoms with van der Waals surface area (Å²) in [5.41, 5.74) is 16.9. The van der Waals surface area contributed by atoms with E-state index in [2.05, 4.69) is 184 Å². The van der Waals surface area contributed by atoms with Gasteiger partial charge in [0.1, 0.15) is 0 Å². The Bertz CT molecular complexity index is 2650. The summed E-state index contributed by atoms with van der Waals surface area (Å²) in [5, 5.41) is 2.61. The van der Waals surface area contributed by atoms with Crippen molar-refractivity contribution >= 4 is 48.6 Å². The van der Waals surface area contributed by atoms with Gasteiger partial charge in [0.15, 0.2) is 0 Å². The van der Waals surface area contributed by atoms with E-state index < -0.39 is 0 Å².